The fourth-order valence-electron chi connectivity index (χ4n) is 2.76. The number of aryl methyl sites for hydroxylation is 1. The molecule has 0 aliphatic carbocycles. The van der Waals surface area contributed by atoms with Gasteiger partial charge in [-0.3, -0.25) is 4.79 Å². The van der Waals surface area contributed by atoms with Crippen molar-refractivity contribution in [2.45, 2.75) is 18.6 Å². The highest BCUT2D eigenvalue weighted by Crippen LogP contribution is 2.33. The molecule has 2 aromatic carbocycles. The number of methoxy groups -OCH3 is 2. The molecule has 3 rings (SSSR count). The molecule has 0 radical (unpaired) electrons. The molecule has 0 fully saturated rings. The van der Waals surface area contributed by atoms with Crippen LogP contribution in [0.4, 0.5) is 0 Å². The van der Waals surface area contributed by atoms with Crippen LogP contribution in [-0.4, -0.2) is 42.6 Å². The zero-order valence-corrected chi connectivity index (χ0v) is 17.4. The molecule has 1 N–H and O–H groups in total. The monoisotopic (exact) mass is 413 g/mol. The summed E-state index contributed by atoms with van der Waals surface area (Å²) in [4.78, 5) is 12.1. The molecule has 0 atom stereocenters. The van der Waals surface area contributed by atoms with E-state index >= 15 is 0 Å². The van der Waals surface area contributed by atoms with E-state index in [0.717, 1.165) is 6.42 Å². The third-order valence-corrected chi connectivity index (χ3v) is 5.17. The minimum absolute atomic E-state index is 0.0784. The van der Waals surface area contributed by atoms with Crippen LogP contribution >= 0.6 is 11.8 Å². The molecular weight excluding hydrogens is 390 g/mol. The highest BCUT2D eigenvalue weighted by Gasteiger charge is 2.15. The number of nitrogens with zero attached hydrogens (tertiary/aromatic N) is 2. The van der Waals surface area contributed by atoms with Gasteiger partial charge in [0.15, 0.2) is 0 Å². The molecule has 0 aliphatic rings. The molecule has 0 unspecified atom stereocenters. The Hall–Kier alpha value is -3.00. The van der Waals surface area contributed by atoms with Crippen LogP contribution in [0.25, 0.3) is 11.5 Å². The fraction of sp³-hybridized carbons (Fsp3) is 0.286. The predicted molar refractivity (Wildman–Crippen MR) is 111 cm³/mol. The van der Waals surface area contributed by atoms with Gasteiger partial charge in [-0.1, -0.05) is 36.0 Å². The Morgan fingerprint density at radius 3 is 2.72 bits per heavy atom. The van der Waals surface area contributed by atoms with Crippen LogP contribution in [-0.2, 0) is 11.2 Å². The molecule has 0 bridgehead atoms. The molecule has 1 amide bonds. The maximum atomic E-state index is 12.1. The number of nitrogens with one attached hydrogen (secondary N) is 1. The highest BCUT2D eigenvalue weighted by molar-refractivity contribution is 7.99. The number of carbonyl (C=O) groups excluding carboxylic acids is 1. The topological polar surface area (TPSA) is 86.5 Å². The van der Waals surface area contributed by atoms with E-state index in [1.165, 1.54) is 22.9 Å². The Morgan fingerprint density at radius 1 is 1.14 bits per heavy atom. The van der Waals surface area contributed by atoms with Gasteiger partial charge >= 0.3 is 0 Å². The Morgan fingerprint density at radius 2 is 1.97 bits per heavy atom. The van der Waals surface area contributed by atoms with E-state index in [9.17, 15) is 4.79 Å². The van der Waals surface area contributed by atoms with E-state index in [1.54, 1.807) is 32.4 Å². The number of benzene rings is 2. The van der Waals surface area contributed by atoms with Gasteiger partial charge in [-0.2, -0.15) is 0 Å². The van der Waals surface area contributed by atoms with Crippen molar-refractivity contribution >= 4 is 17.7 Å². The number of rotatable bonds is 9. The van der Waals surface area contributed by atoms with Crippen LogP contribution in [0.2, 0.25) is 0 Å². The van der Waals surface area contributed by atoms with Crippen molar-refractivity contribution in [3.63, 3.8) is 0 Å². The highest BCUT2D eigenvalue weighted by atomic mass is 32.2. The summed E-state index contributed by atoms with van der Waals surface area (Å²) in [6.07, 6.45) is 0.797. The van der Waals surface area contributed by atoms with Gasteiger partial charge in [0.1, 0.15) is 11.5 Å². The van der Waals surface area contributed by atoms with Crippen molar-refractivity contribution in [3.8, 4) is 23.0 Å². The smallest absolute Gasteiger partial charge is 0.277 e. The molecule has 0 aliphatic heterocycles. The summed E-state index contributed by atoms with van der Waals surface area (Å²) < 4.78 is 16.2. The molecule has 1 heterocycles. The summed E-state index contributed by atoms with van der Waals surface area (Å²) in [5.74, 6) is 1.69. The fourth-order valence-corrected chi connectivity index (χ4v) is 3.35. The van der Waals surface area contributed by atoms with Gasteiger partial charge in [0.05, 0.1) is 25.5 Å². The van der Waals surface area contributed by atoms with Crippen LogP contribution in [0.15, 0.2) is 52.1 Å². The number of thioether (sulfide) groups is 1. The maximum absolute atomic E-state index is 12.1. The zero-order valence-electron chi connectivity index (χ0n) is 16.6. The van der Waals surface area contributed by atoms with E-state index in [-0.39, 0.29) is 11.7 Å². The minimum atomic E-state index is -0.0784. The van der Waals surface area contributed by atoms with Crippen molar-refractivity contribution in [1.29, 1.82) is 0 Å². The second-order valence-electron chi connectivity index (χ2n) is 6.25. The summed E-state index contributed by atoms with van der Waals surface area (Å²) in [7, 11) is 3.15. The van der Waals surface area contributed by atoms with Crippen LogP contribution < -0.4 is 14.8 Å². The third-order valence-electron chi connectivity index (χ3n) is 4.35. The van der Waals surface area contributed by atoms with Crippen molar-refractivity contribution in [2.75, 3.05) is 26.5 Å². The predicted octanol–water partition coefficient (Wildman–Crippen LogP) is 3.51. The van der Waals surface area contributed by atoms with E-state index < -0.39 is 0 Å². The van der Waals surface area contributed by atoms with E-state index in [1.807, 2.05) is 12.1 Å². The number of hydrogen-bond acceptors (Lipinski definition) is 7. The van der Waals surface area contributed by atoms with Gasteiger partial charge in [0.25, 0.3) is 11.1 Å². The quantitative estimate of drug-likeness (QED) is 0.537. The second-order valence-corrected chi connectivity index (χ2v) is 7.18. The molecule has 0 saturated heterocycles. The first-order valence-electron chi connectivity index (χ1n) is 9.10. The first-order valence-corrected chi connectivity index (χ1v) is 10.1. The normalized spacial score (nSPS) is 10.6. The molecule has 29 heavy (non-hydrogen) atoms. The second kappa shape index (κ2) is 9.97. The Balaban J connectivity index is 1.51. The van der Waals surface area contributed by atoms with Gasteiger partial charge < -0.3 is 19.2 Å². The van der Waals surface area contributed by atoms with Crippen molar-refractivity contribution in [3.05, 3.63) is 53.6 Å². The molecule has 1 aromatic heterocycles. The molecular formula is C21H23N3O4S. The van der Waals surface area contributed by atoms with Gasteiger partial charge in [0, 0.05) is 12.6 Å². The first-order chi connectivity index (χ1) is 14.1. The first kappa shape index (κ1) is 20.7. The minimum Gasteiger partial charge on any atom is -0.497 e. The van der Waals surface area contributed by atoms with Crippen LogP contribution in [0.5, 0.6) is 11.5 Å². The maximum Gasteiger partial charge on any atom is 0.277 e. The van der Waals surface area contributed by atoms with Gasteiger partial charge in [0.2, 0.25) is 5.91 Å². The SMILES string of the molecule is COc1ccc(-c2nnc(SCC(=O)NCCc3ccccc3C)o2)c(OC)c1. The largest absolute Gasteiger partial charge is 0.497 e. The summed E-state index contributed by atoms with van der Waals surface area (Å²) in [5, 5.41) is 11.3. The van der Waals surface area contributed by atoms with Crippen molar-refractivity contribution in [2.24, 2.45) is 0 Å². The van der Waals surface area contributed by atoms with E-state index in [0.29, 0.717) is 34.7 Å². The van der Waals surface area contributed by atoms with E-state index in [2.05, 4.69) is 34.6 Å². The molecule has 0 spiro atoms. The lowest BCUT2D eigenvalue weighted by Gasteiger charge is -2.07. The van der Waals surface area contributed by atoms with Crippen molar-refractivity contribution < 1.29 is 18.7 Å². The third kappa shape index (κ3) is 5.51. The number of carbonyl (C=O) groups is 1. The van der Waals surface area contributed by atoms with Gasteiger partial charge in [-0.15, -0.1) is 10.2 Å². The standard InChI is InChI=1S/C21H23N3O4S/c1-14-6-4-5-7-15(14)10-11-22-19(25)13-29-21-24-23-20(28-21)17-9-8-16(26-2)12-18(17)27-3/h4-9,12H,10-11,13H2,1-3H3,(H,22,25). The summed E-state index contributed by atoms with van der Waals surface area (Å²) in [6.45, 7) is 2.65. The number of aromatic nitrogens is 2. The lowest BCUT2D eigenvalue weighted by molar-refractivity contribution is -0.118. The van der Waals surface area contributed by atoms with Crippen LogP contribution in [0.1, 0.15) is 11.1 Å². The molecule has 152 valence electrons. The average molecular weight is 413 g/mol. The number of hydrogen-bond donors (Lipinski definition) is 1. The molecule has 7 nitrogen and oxygen atoms in total. The number of ether oxygens (including phenoxy) is 2. The number of amides is 1. The van der Waals surface area contributed by atoms with E-state index in [4.69, 9.17) is 13.9 Å². The van der Waals surface area contributed by atoms with Crippen molar-refractivity contribution in [1.82, 2.24) is 15.5 Å². The lowest BCUT2D eigenvalue weighted by Crippen LogP contribution is -2.27. The summed E-state index contributed by atoms with van der Waals surface area (Å²) in [5.41, 5.74) is 3.12. The molecule has 8 heteroatoms. The Labute approximate surface area is 173 Å². The van der Waals surface area contributed by atoms with Gasteiger partial charge in [-0.25, -0.2) is 0 Å². The molecule has 0 saturated carbocycles. The lowest BCUT2D eigenvalue weighted by atomic mass is 10.1. The summed E-state index contributed by atoms with van der Waals surface area (Å²) >= 11 is 1.20. The summed E-state index contributed by atoms with van der Waals surface area (Å²) in [6, 6.07) is 13.5. The Bertz CT molecular complexity index is 974. The zero-order chi connectivity index (χ0) is 20.6. The van der Waals surface area contributed by atoms with Gasteiger partial charge in [-0.05, 0) is 36.6 Å². The van der Waals surface area contributed by atoms with Crippen LogP contribution in [0, 0.1) is 6.92 Å². The average Bonchev–Trinajstić information content (AvgIpc) is 3.22. The van der Waals surface area contributed by atoms with Crippen LogP contribution in [0.3, 0.4) is 0 Å². The Kier molecular flexibility index (Phi) is 7.13. The molecule has 3 aromatic rings.